The van der Waals surface area contributed by atoms with Crippen molar-refractivity contribution in [1.82, 2.24) is 15.0 Å². The summed E-state index contributed by atoms with van der Waals surface area (Å²) in [5.74, 6) is -0.699. The van der Waals surface area contributed by atoms with Gasteiger partial charge in [-0.1, -0.05) is 17.8 Å². The third kappa shape index (κ3) is 4.20. The van der Waals surface area contributed by atoms with Gasteiger partial charge < -0.3 is 15.2 Å². The number of fused-ring (bicyclic) bond motifs is 2. The molecular formula is C24H24F3N5O2S. The molecule has 35 heavy (non-hydrogen) atoms. The maximum atomic E-state index is 15.1. The van der Waals surface area contributed by atoms with E-state index in [0.717, 1.165) is 11.8 Å². The Morgan fingerprint density at radius 2 is 2.03 bits per heavy atom. The topological polar surface area (TPSA) is 95.5 Å². The molecule has 0 spiro atoms. The van der Waals surface area contributed by atoms with Gasteiger partial charge in [-0.25, -0.2) is 28.1 Å². The van der Waals surface area contributed by atoms with E-state index in [9.17, 15) is 8.78 Å². The molecule has 2 aromatic heterocycles. The first-order valence-corrected chi connectivity index (χ1v) is 11.9. The summed E-state index contributed by atoms with van der Waals surface area (Å²) < 4.78 is 53.1. The van der Waals surface area contributed by atoms with Gasteiger partial charge in [0, 0.05) is 31.2 Å². The Bertz CT molecular complexity index is 1300. The van der Waals surface area contributed by atoms with Crippen molar-refractivity contribution >= 4 is 28.0 Å². The van der Waals surface area contributed by atoms with Gasteiger partial charge in [0.2, 0.25) is 5.88 Å². The molecule has 11 heteroatoms. The standard InChI is InChI=1S/C24H24F3N5O2S/c1-33-6-7-34-20-11-30-21-17(31-20)4-5-29-18(21)9-14-2-3-16(27)15(8-14)24(13-26)19-10-23(19,12-25)35-22(28)32-24/h2-5,8,11,19H,6-7,9-10,12-13H2,1H3,(H2,28,32)/t19-,23-,24-/m1/s1. The van der Waals surface area contributed by atoms with Gasteiger partial charge >= 0.3 is 0 Å². The molecule has 5 rings (SSSR count). The van der Waals surface area contributed by atoms with Crippen molar-refractivity contribution in [2.75, 3.05) is 33.7 Å². The number of ether oxygens (including phenoxy) is 2. The summed E-state index contributed by atoms with van der Waals surface area (Å²) in [4.78, 5) is 17.7. The van der Waals surface area contributed by atoms with Crippen LogP contribution in [-0.4, -0.2) is 58.5 Å². The summed E-state index contributed by atoms with van der Waals surface area (Å²) in [5.41, 5.74) is 6.97. The van der Waals surface area contributed by atoms with Crippen LogP contribution in [0.25, 0.3) is 11.0 Å². The van der Waals surface area contributed by atoms with Crippen LogP contribution in [0.1, 0.15) is 23.2 Å². The molecule has 2 aliphatic rings. The van der Waals surface area contributed by atoms with Crippen LogP contribution in [0.5, 0.6) is 5.88 Å². The van der Waals surface area contributed by atoms with Crippen LogP contribution in [0, 0.1) is 11.7 Å². The lowest BCUT2D eigenvalue weighted by Crippen LogP contribution is -2.40. The molecule has 0 bridgehead atoms. The Morgan fingerprint density at radius 1 is 1.17 bits per heavy atom. The molecule has 1 aliphatic carbocycles. The molecule has 2 N–H and O–H groups in total. The molecule has 1 fully saturated rings. The molecule has 0 unspecified atom stereocenters. The van der Waals surface area contributed by atoms with E-state index in [1.54, 1.807) is 31.5 Å². The number of hydrogen-bond donors (Lipinski definition) is 1. The molecule has 1 aliphatic heterocycles. The van der Waals surface area contributed by atoms with Gasteiger partial charge in [0.1, 0.15) is 36.8 Å². The number of amidine groups is 1. The second-order valence-corrected chi connectivity index (χ2v) is 10.2. The molecule has 7 nitrogen and oxygen atoms in total. The maximum absolute atomic E-state index is 15.1. The zero-order valence-corrected chi connectivity index (χ0v) is 19.8. The second-order valence-electron chi connectivity index (χ2n) is 8.73. The predicted molar refractivity (Wildman–Crippen MR) is 128 cm³/mol. The fourth-order valence-corrected chi connectivity index (χ4v) is 6.01. The van der Waals surface area contributed by atoms with Crippen LogP contribution in [-0.2, 0) is 16.7 Å². The summed E-state index contributed by atoms with van der Waals surface area (Å²) in [6, 6.07) is 6.21. The van der Waals surface area contributed by atoms with E-state index in [-0.39, 0.29) is 10.7 Å². The van der Waals surface area contributed by atoms with E-state index in [1.807, 2.05) is 0 Å². The van der Waals surface area contributed by atoms with Gasteiger partial charge in [-0.3, -0.25) is 4.98 Å². The Hall–Kier alpha value is -2.92. The summed E-state index contributed by atoms with van der Waals surface area (Å²) in [6.07, 6.45) is 3.82. The number of thioether (sulfide) groups is 1. The molecule has 3 heterocycles. The van der Waals surface area contributed by atoms with Crippen molar-refractivity contribution in [2.24, 2.45) is 16.6 Å². The number of benzene rings is 1. The normalized spacial score (nSPS) is 25.3. The Balaban J connectivity index is 1.48. The minimum absolute atomic E-state index is 0.0772. The molecule has 3 aromatic rings. The molecule has 0 radical (unpaired) electrons. The molecule has 184 valence electrons. The van der Waals surface area contributed by atoms with Crippen LogP contribution in [0.4, 0.5) is 13.2 Å². The van der Waals surface area contributed by atoms with Gasteiger partial charge in [-0.05, 0) is 30.2 Å². The largest absolute Gasteiger partial charge is 0.474 e. The van der Waals surface area contributed by atoms with Gasteiger partial charge in [0.05, 0.1) is 28.8 Å². The number of halogens is 3. The highest BCUT2D eigenvalue weighted by atomic mass is 32.2. The number of rotatable bonds is 9. The molecule has 1 aromatic carbocycles. The van der Waals surface area contributed by atoms with E-state index in [1.165, 1.54) is 12.3 Å². The highest BCUT2D eigenvalue weighted by Crippen LogP contribution is 2.66. The lowest BCUT2D eigenvalue weighted by molar-refractivity contribution is 0.143. The summed E-state index contributed by atoms with van der Waals surface area (Å²) in [7, 11) is 1.58. The smallest absolute Gasteiger partial charge is 0.232 e. The van der Waals surface area contributed by atoms with Gasteiger partial charge in [-0.15, -0.1) is 0 Å². The lowest BCUT2D eigenvalue weighted by atomic mass is 9.83. The van der Waals surface area contributed by atoms with Crippen LogP contribution in [0.3, 0.4) is 0 Å². The number of hydrogen-bond acceptors (Lipinski definition) is 8. The lowest BCUT2D eigenvalue weighted by Gasteiger charge is -2.34. The average molecular weight is 504 g/mol. The monoisotopic (exact) mass is 503 g/mol. The number of nitrogens with two attached hydrogens (primary N) is 1. The summed E-state index contributed by atoms with van der Waals surface area (Å²) >= 11 is 1.12. The Labute approximate surface area is 204 Å². The predicted octanol–water partition coefficient (Wildman–Crippen LogP) is 3.73. The minimum Gasteiger partial charge on any atom is -0.474 e. The molecule has 1 saturated carbocycles. The van der Waals surface area contributed by atoms with E-state index in [0.29, 0.717) is 54.2 Å². The van der Waals surface area contributed by atoms with E-state index in [2.05, 4.69) is 19.9 Å². The first-order valence-electron chi connectivity index (χ1n) is 11.1. The first-order chi connectivity index (χ1) is 16.9. The number of pyridine rings is 1. The third-order valence-corrected chi connectivity index (χ3v) is 7.84. The number of aromatic nitrogens is 3. The van der Waals surface area contributed by atoms with Crippen LogP contribution < -0.4 is 10.5 Å². The highest BCUT2D eigenvalue weighted by molar-refractivity contribution is 8.15. The second kappa shape index (κ2) is 9.27. The van der Waals surface area contributed by atoms with E-state index in [4.69, 9.17) is 15.2 Å². The quantitative estimate of drug-likeness (QED) is 0.445. The minimum atomic E-state index is -1.54. The molecule has 0 saturated heterocycles. The Morgan fingerprint density at radius 3 is 2.80 bits per heavy atom. The molecule has 3 atom stereocenters. The average Bonchev–Trinajstić information content (AvgIpc) is 3.60. The number of nitrogens with zero attached hydrogens (tertiary/aromatic N) is 4. The Kier molecular flexibility index (Phi) is 6.30. The fraction of sp³-hybridized carbons (Fsp3) is 0.417. The first kappa shape index (κ1) is 23.8. The van der Waals surface area contributed by atoms with Gasteiger partial charge in [0.15, 0.2) is 5.17 Å². The van der Waals surface area contributed by atoms with E-state index < -0.39 is 35.4 Å². The van der Waals surface area contributed by atoms with Crippen molar-refractivity contribution in [3.8, 4) is 5.88 Å². The van der Waals surface area contributed by atoms with Crippen molar-refractivity contribution in [1.29, 1.82) is 0 Å². The highest BCUT2D eigenvalue weighted by Gasteiger charge is 2.68. The summed E-state index contributed by atoms with van der Waals surface area (Å²) in [5, 5.41) is 0.0772. The van der Waals surface area contributed by atoms with Crippen LogP contribution in [0.2, 0.25) is 0 Å². The number of methoxy groups -OCH3 is 1. The van der Waals surface area contributed by atoms with Crippen molar-refractivity contribution < 1.29 is 22.6 Å². The van der Waals surface area contributed by atoms with Crippen LogP contribution >= 0.6 is 11.8 Å². The van der Waals surface area contributed by atoms with Gasteiger partial charge in [0.25, 0.3) is 0 Å². The maximum Gasteiger partial charge on any atom is 0.232 e. The summed E-state index contributed by atoms with van der Waals surface area (Å²) in [6.45, 7) is -0.863. The number of alkyl halides is 2. The number of aliphatic imine (C=N–C) groups is 1. The van der Waals surface area contributed by atoms with Crippen molar-refractivity contribution in [3.63, 3.8) is 0 Å². The van der Waals surface area contributed by atoms with E-state index >= 15 is 4.39 Å². The molecular weight excluding hydrogens is 479 g/mol. The zero-order chi connectivity index (χ0) is 24.6. The fourth-order valence-electron chi connectivity index (χ4n) is 4.75. The van der Waals surface area contributed by atoms with Gasteiger partial charge in [-0.2, -0.15) is 0 Å². The van der Waals surface area contributed by atoms with Crippen LogP contribution in [0.15, 0.2) is 41.7 Å². The molecule has 0 amide bonds. The third-order valence-electron chi connectivity index (χ3n) is 6.57. The SMILES string of the molecule is COCCOc1cnc2c(Cc3ccc(F)c([C@@]4(CF)N=C(N)S[C@@]5(CF)C[C@H]54)c3)nccc2n1. The van der Waals surface area contributed by atoms with Crippen molar-refractivity contribution in [3.05, 3.63) is 59.3 Å². The van der Waals surface area contributed by atoms with Crippen molar-refractivity contribution in [2.45, 2.75) is 23.1 Å². The zero-order valence-electron chi connectivity index (χ0n) is 19.0.